The van der Waals surface area contributed by atoms with Crippen molar-refractivity contribution in [2.75, 3.05) is 5.73 Å². The lowest BCUT2D eigenvalue weighted by Crippen LogP contribution is -2.08. The van der Waals surface area contributed by atoms with Crippen molar-refractivity contribution < 1.29 is 4.74 Å². The Kier molecular flexibility index (Phi) is 2.47. The molecule has 12 heavy (non-hydrogen) atoms. The number of nitrogens with zero attached hydrogens (tertiary/aromatic N) is 2. The van der Waals surface area contributed by atoms with Crippen molar-refractivity contribution in [2.24, 2.45) is 0 Å². The van der Waals surface area contributed by atoms with Crippen LogP contribution in [0.2, 0.25) is 0 Å². The van der Waals surface area contributed by atoms with E-state index >= 15 is 0 Å². The van der Waals surface area contributed by atoms with Crippen LogP contribution in [0.1, 0.15) is 19.5 Å². The molecule has 2 N–H and O–H groups in total. The highest BCUT2D eigenvalue weighted by atomic mass is 16.5. The van der Waals surface area contributed by atoms with Gasteiger partial charge < -0.3 is 10.5 Å². The van der Waals surface area contributed by atoms with Crippen molar-refractivity contribution in [1.82, 2.24) is 9.97 Å². The molecule has 0 saturated carbocycles. The Morgan fingerprint density at radius 3 is 2.58 bits per heavy atom. The van der Waals surface area contributed by atoms with Gasteiger partial charge in [0, 0.05) is 11.8 Å². The minimum Gasteiger partial charge on any atom is -0.475 e. The third kappa shape index (κ3) is 2.38. The third-order valence-corrected chi connectivity index (χ3v) is 1.20. The minimum absolute atomic E-state index is 0.110. The van der Waals surface area contributed by atoms with Crippen LogP contribution >= 0.6 is 0 Å². The summed E-state index contributed by atoms with van der Waals surface area (Å²) in [5, 5.41) is 0. The molecule has 0 atom stereocenters. The maximum absolute atomic E-state index is 5.43. The Morgan fingerprint density at radius 1 is 1.42 bits per heavy atom. The third-order valence-electron chi connectivity index (χ3n) is 1.20. The fraction of sp³-hybridized carbons (Fsp3) is 0.500. The summed E-state index contributed by atoms with van der Waals surface area (Å²) in [4.78, 5) is 7.85. The number of aryl methyl sites for hydroxylation is 1. The first kappa shape index (κ1) is 8.77. The van der Waals surface area contributed by atoms with E-state index in [1.54, 1.807) is 6.07 Å². The average Bonchev–Trinajstić information content (AvgIpc) is 1.81. The number of nitrogen functional groups attached to an aromatic ring is 1. The van der Waals surface area contributed by atoms with Gasteiger partial charge in [-0.3, -0.25) is 0 Å². The number of aromatic nitrogens is 2. The molecule has 0 fully saturated rings. The van der Waals surface area contributed by atoms with Gasteiger partial charge in [0.05, 0.1) is 6.10 Å². The summed E-state index contributed by atoms with van der Waals surface area (Å²) in [5.74, 6) is 0.792. The van der Waals surface area contributed by atoms with Gasteiger partial charge in [0.25, 0.3) is 0 Å². The molecule has 0 aliphatic carbocycles. The molecule has 0 radical (unpaired) electrons. The van der Waals surface area contributed by atoms with Gasteiger partial charge in [0.2, 0.25) is 11.8 Å². The predicted molar refractivity (Wildman–Crippen MR) is 46.9 cm³/mol. The normalized spacial score (nSPS) is 10.3. The summed E-state index contributed by atoms with van der Waals surface area (Å²) < 4.78 is 5.34. The molecular weight excluding hydrogens is 154 g/mol. The molecule has 1 rings (SSSR count). The van der Waals surface area contributed by atoms with Crippen molar-refractivity contribution in [1.29, 1.82) is 0 Å². The average molecular weight is 167 g/mol. The van der Waals surface area contributed by atoms with Crippen LogP contribution in [0, 0.1) is 6.92 Å². The summed E-state index contributed by atoms with van der Waals surface area (Å²) in [6.07, 6.45) is 0.110. The molecule has 1 aromatic rings. The molecular formula is C8H13N3O. The zero-order chi connectivity index (χ0) is 9.14. The van der Waals surface area contributed by atoms with Crippen molar-refractivity contribution in [3.05, 3.63) is 11.8 Å². The Morgan fingerprint density at radius 2 is 2.08 bits per heavy atom. The summed E-state index contributed by atoms with van der Waals surface area (Å²) in [7, 11) is 0. The first-order valence-corrected chi connectivity index (χ1v) is 3.85. The molecule has 1 heterocycles. The van der Waals surface area contributed by atoms with E-state index in [-0.39, 0.29) is 12.1 Å². The molecule has 0 amide bonds. The van der Waals surface area contributed by atoms with Crippen LogP contribution in [0.4, 0.5) is 5.95 Å². The zero-order valence-electron chi connectivity index (χ0n) is 7.53. The second-order valence-corrected chi connectivity index (χ2v) is 2.87. The Balaban J connectivity index is 2.85. The first-order chi connectivity index (χ1) is 5.58. The van der Waals surface area contributed by atoms with Gasteiger partial charge in [-0.15, -0.1) is 0 Å². The first-order valence-electron chi connectivity index (χ1n) is 3.85. The van der Waals surface area contributed by atoms with Gasteiger partial charge in [-0.25, -0.2) is 4.98 Å². The van der Waals surface area contributed by atoms with E-state index in [9.17, 15) is 0 Å². The maximum Gasteiger partial charge on any atom is 0.223 e. The Bertz CT molecular complexity index is 253. The summed E-state index contributed by atoms with van der Waals surface area (Å²) in [5.41, 5.74) is 6.25. The maximum atomic E-state index is 5.43. The lowest BCUT2D eigenvalue weighted by molar-refractivity contribution is 0.232. The molecule has 0 aromatic carbocycles. The van der Waals surface area contributed by atoms with E-state index < -0.39 is 0 Å². The number of hydrogen-bond donors (Lipinski definition) is 1. The molecule has 4 nitrogen and oxygen atoms in total. The molecule has 66 valence electrons. The molecule has 0 saturated heterocycles. The fourth-order valence-corrected chi connectivity index (χ4v) is 0.864. The summed E-state index contributed by atoms with van der Waals surface area (Å²) in [6, 6.07) is 1.76. The van der Waals surface area contributed by atoms with Gasteiger partial charge in [0.15, 0.2) is 0 Å². The second-order valence-electron chi connectivity index (χ2n) is 2.87. The fourth-order valence-electron chi connectivity index (χ4n) is 0.864. The van der Waals surface area contributed by atoms with Gasteiger partial charge in [-0.05, 0) is 20.8 Å². The largest absolute Gasteiger partial charge is 0.475 e. The van der Waals surface area contributed by atoms with E-state index in [0.717, 1.165) is 5.69 Å². The smallest absolute Gasteiger partial charge is 0.223 e. The van der Waals surface area contributed by atoms with Gasteiger partial charge in [-0.2, -0.15) is 4.98 Å². The van der Waals surface area contributed by atoms with Crippen LogP contribution in [-0.2, 0) is 0 Å². The van der Waals surface area contributed by atoms with Gasteiger partial charge in [0.1, 0.15) is 0 Å². The van der Waals surface area contributed by atoms with Crippen molar-refractivity contribution in [2.45, 2.75) is 26.9 Å². The standard InChI is InChI=1S/C8H13N3O/c1-5(2)12-7-4-6(3)10-8(9)11-7/h4-5H,1-3H3,(H2,9,10,11). The van der Waals surface area contributed by atoms with Gasteiger partial charge in [-0.1, -0.05) is 0 Å². The van der Waals surface area contributed by atoms with Crippen LogP contribution < -0.4 is 10.5 Å². The number of rotatable bonds is 2. The number of hydrogen-bond acceptors (Lipinski definition) is 4. The topological polar surface area (TPSA) is 61.0 Å². The number of anilines is 1. The molecule has 0 aliphatic rings. The second kappa shape index (κ2) is 3.38. The SMILES string of the molecule is Cc1cc(OC(C)C)nc(N)n1. The van der Waals surface area contributed by atoms with Crippen LogP contribution in [0.15, 0.2) is 6.07 Å². The molecule has 0 spiro atoms. The van der Waals surface area contributed by atoms with Crippen LogP contribution in [0.25, 0.3) is 0 Å². The number of nitrogens with two attached hydrogens (primary N) is 1. The van der Waals surface area contributed by atoms with Crippen LogP contribution in [-0.4, -0.2) is 16.1 Å². The summed E-state index contributed by atoms with van der Waals surface area (Å²) in [6.45, 7) is 5.73. The summed E-state index contributed by atoms with van der Waals surface area (Å²) >= 11 is 0. The van der Waals surface area contributed by atoms with Crippen LogP contribution in [0.3, 0.4) is 0 Å². The van der Waals surface area contributed by atoms with Crippen molar-refractivity contribution >= 4 is 5.95 Å². The zero-order valence-corrected chi connectivity index (χ0v) is 7.53. The Labute approximate surface area is 71.8 Å². The highest BCUT2D eigenvalue weighted by molar-refractivity contribution is 5.25. The monoisotopic (exact) mass is 167 g/mol. The molecule has 0 aliphatic heterocycles. The number of ether oxygens (including phenoxy) is 1. The van der Waals surface area contributed by atoms with E-state index in [0.29, 0.717) is 5.88 Å². The van der Waals surface area contributed by atoms with Crippen LogP contribution in [0.5, 0.6) is 5.88 Å². The van der Waals surface area contributed by atoms with E-state index in [1.165, 1.54) is 0 Å². The quantitative estimate of drug-likeness (QED) is 0.717. The van der Waals surface area contributed by atoms with Crippen molar-refractivity contribution in [3.8, 4) is 5.88 Å². The van der Waals surface area contributed by atoms with E-state index in [1.807, 2.05) is 20.8 Å². The lowest BCUT2D eigenvalue weighted by atomic mass is 10.4. The van der Waals surface area contributed by atoms with E-state index in [2.05, 4.69) is 9.97 Å². The lowest BCUT2D eigenvalue weighted by Gasteiger charge is -2.08. The highest BCUT2D eigenvalue weighted by Crippen LogP contribution is 2.11. The molecule has 4 heteroatoms. The minimum atomic E-state index is 0.110. The molecule has 0 unspecified atom stereocenters. The van der Waals surface area contributed by atoms with Gasteiger partial charge >= 0.3 is 0 Å². The predicted octanol–water partition coefficient (Wildman–Crippen LogP) is 1.15. The van der Waals surface area contributed by atoms with Crippen molar-refractivity contribution in [3.63, 3.8) is 0 Å². The molecule has 1 aromatic heterocycles. The van der Waals surface area contributed by atoms with E-state index in [4.69, 9.17) is 10.5 Å². The Hall–Kier alpha value is -1.32. The molecule has 0 bridgehead atoms. The highest BCUT2D eigenvalue weighted by Gasteiger charge is 2.01.